The van der Waals surface area contributed by atoms with E-state index in [0.717, 1.165) is 22.3 Å². The number of benzene rings is 3. The van der Waals surface area contributed by atoms with Crippen molar-refractivity contribution in [1.82, 2.24) is 0 Å². The molecule has 0 saturated heterocycles. The second-order valence-electron chi connectivity index (χ2n) is 5.00. The number of nitrogens with zero attached hydrogens (tertiary/aromatic N) is 1. The van der Waals surface area contributed by atoms with Gasteiger partial charge in [-0.25, -0.2) is 0 Å². The smallest absolute Gasteiger partial charge is 0.131 e. The van der Waals surface area contributed by atoms with Gasteiger partial charge < -0.3 is 0 Å². The lowest BCUT2D eigenvalue weighted by molar-refractivity contribution is 1.07. The van der Waals surface area contributed by atoms with E-state index in [1.807, 2.05) is 54.6 Å². The van der Waals surface area contributed by atoms with Crippen molar-refractivity contribution in [2.45, 2.75) is 6.54 Å². The number of hydrogen-bond donors (Lipinski definition) is 0. The fourth-order valence-electron chi connectivity index (χ4n) is 2.36. The third kappa shape index (κ3) is 3.44. The molecular formula is C20H16ClN. The molecule has 0 aliphatic heterocycles. The zero-order chi connectivity index (χ0) is 15.2. The van der Waals surface area contributed by atoms with Crippen LogP contribution in [-0.4, -0.2) is 5.17 Å². The van der Waals surface area contributed by atoms with E-state index >= 15 is 0 Å². The highest BCUT2D eigenvalue weighted by molar-refractivity contribution is 6.70. The van der Waals surface area contributed by atoms with Gasteiger partial charge in [0.1, 0.15) is 5.17 Å². The first-order chi connectivity index (χ1) is 10.8. The minimum atomic E-state index is 0.545. The van der Waals surface area contributed by atoms with Crippen LogP contribution in [0.25, 0.3) is 11.1 Å². The molecular weight excluding hydrogens is 290 g/mol. The van der Waals surface area contributed by atoms with E-state index < -0.39 is 0 Å². The van der Waals surface area contributed by atoms with Gasteiger partial charge in [-0.2, -0.15) is 0 Å². The number of hydrogen-bond acceptors (Lipinski definition) is 1. The average Bonchev–Trinajstić information content (AvgIpc) is 2.61. The van der Waals surface area contributed by atoms with E-state index in [1.54, 1.807) is 0 Å². The van der Waals surface area contributed by atoms with Crippen LogP contribution in [0.15, 0.2) is 89.9 Å². The summed E-state index contributed by atoms with van der Waals surface area (Å²) in [6.07, 6.45) is 0. The zero-order valence-electron chi connectivity index (χ0n) is 12.1. The van der Waals surface area contributed by atoms with E-state index in [4.69, 9.17) is 11.6 Å². The molecule has 0 amide bonds. The van der Waals surface area contributed by atoms with E-state index in [9.17, 15) is 0 Å². The molecule has 2 heteroatoms. The first kappa shape index (κ1) is 14.6. The van der Waals surface area contributed by atoms with Crippen molar-refractivity contribution in [2.24, 2.45) is 4.99 Å². The monoisotopic (exact) mass is 305 g/mol. The third-order valence-electron chi connectivity index (χ3n) is 3.48. The lowest BCUT2D eigenvalue weighted by atomic mass is 10.0. The summed E-state index contributed by atoms with van der Waals surface area (Å²) in [6.45, 7) is 0.586. The van der Waals surface area contributed by atoms with Crippen molar-refractivity contribution >= 4 is 16.8 Å². The standard InChI is InChI=1S/C20H16ClN/c21-20(22-15-16-9-3-1-4-10-16)19-14-8-7-13-18(19)17-11-5-2-6-12-17/h1-14H,15H2. The molecule has 0 N–H and O–H groups in total. The molecule has 0 bridgehead atoms. The van der Waals surface area contributed by atoms with Gasteiger partial charge in [-0.3, -0.25) is 4.99 Å². The number of halogens is 1. The summed E-state index contributed by atoms with van der Waals surface area (Å²) >= 11 is 6.46. The van der Waals surface area contributed by atoms with Gasteiger partial charge in [0.25, 0.3) is 0 Å². The van der Waals surface area contributed by atoms with Crippen LogP contribution < -0.4 is 0 Å². The molecule has 0 fully saturated rings. The summed E-state index contributed by atoms with van der Waals surface area (Å²) in [5.74, 6) is 0. The Labute approximate surface area is 135 Å². The maximum Gasteiger partial charge on any atom is 0.131 e. The van der Waals surface area contributed by atoms with Crippen LogP contribution in [0.4, 0.5) is 0 Å². The molecule has 0 radical (unpaired) electrons. The van der Waals surface area contributed by atoms with Crippen LogP contribution in [0.2, 0.25) is 0 Å². The van der Waals surface area contributed by atoms with Gasteiger partial charge >= 0.3 is 0 Å². The SMILES string of the molecule is ClC(=NCc1ccccc1)c1ccccc1-c1ccccc1. The number of aliphatic imine (C=N–C) groups is 1. The van der Waals surface area contributed by atoms with Crippen molar-refractivity contribution in [3.8, 4) is 11.1 Å². The van der Waals surface area contributed by atoms with Crippen molar-refractivity contribution in [3.05, 3.63) is 96.1 Å². The minimum absolute atomic E-state index is 0.545. The topological polar surface area (TPSA) is 12.4 Å². The summed E-state index contributed by atoms with van der Waals surface area (Å²) in [6, 6.07) is 28.5. The summed E-state index contributed by atoms with van der Waals surface area (Å²) in [4.78, 5) is 4.53. The van der Waals surface area contributed by atoms with Crippen LogP contribution in [0.5, 0.6) is 0 Å². The Morgan fingerprint density at radius 1 is 0.727 bits per heavy atom. The predicted octanol–water partition coefficient (Wildman–Crippen LogP) is 5.54. The number of rotatable bonds is 4. The highest BCUT2D eigenvalue weighted by atomic mass is 35.5. The molecule has 22 heavy (non-hydrogen) atoms. The normalized spacial score (nSPS) is 11.4. The summed E-state index contributed by atoms with van der Waals surface area (Å²) in [5, 5.41) is 0.545. The molecule has 0 atom stereocenters. The maximum absolute atomic E-state index is 6.46. The van der Waals surface area contributed by atoms with Crippen LogP contribution in [-0.2, 0) is 6.54 Å². The average molecular weight is 306 g/mol. The third-order valence-corrected chi connectivity index (χ3v) is 3.80. The Hall–Kier alpha value is -2.38. The molecule has 0 unspecified atom stereocenters. The van der Waals surface area contributed by atoms with Gasteiger partial charge in [0.05, 0.1) is 6.54 Å². The van der Waals surface area contributed by atoms with Crippen molar-refractivity contribution < 1.29 is 0 Å². The van der Waals surface area contributed by atoms with Crippen molar-refractivity contribution in [3.63, 3.8) is 0 Å². The largest absolute Gasteiger partial charge is 0.268 e. The first-order valence-electron chi connectivity index (χ1n) is 7.23. The van der Waals surface area contributed by atoms with Crippen molar-refractivity contribution in [1.29, 1.82) is 0 Å². The Balaban J connectivity index is 1.91. The highest BCUT2D eigenvalue weighted by Crippen LogP contribution is 2.25. The molecule has 3 aromatic rings. The van der Waals surface area contributed by atoms with Crippen LogP contribution >= 0.6 is 11.6 Å². The molecule has 3 aromatic carbocycles. The van der Waals surface area contributed by atoms with Gasteiger partial charge in [0.2, 0.25) is 0 Å². The van der Waals surface area contributed by atoms with Gasteiger partial charge in [-0.15, -0.1) is 0 Å². The Morgan fingerprint density at radius 3 is 2.05 bits per heavy atom. The van der Waals surface area contributed by atoms with Gasteiger partial charge in [-0.05, 0) is 16.7 Å². The van der Waals surface area contributed by atoms with Gasteiger partial charge in [-0.1, -0.05) is 96.5 Å². The van der Waals surface area contributed by atoms with E-state index in [1.165, 1.54) is 0 Å². The van der Waals surface area contributed by atoms with E-state index in [2.05, 4.69) is 35.3 Å². The lowest BCUT2D eigenvalue weighted by Crippen LogP contribution is -1.96. The molecule has 0 aromatic heterocycles. The van der Waals surface area contributed by atoms with Crippen molar-refractivity contribution in [2.75, 3.05) is 0 Å². The predicted molar refractivity (Wildman–Crippen MR) is 94.4 cm³/mol. The quantitative estimate of drug-likeness (QED) is 0.561. The highest BCUT2D eigenvalue weighted by Gasteiger charge is 2.08. The second-order valence-corrected chi connectivity index (χ2v) is 5.36. The fourth-order valence-corrected chi connectivity index (χ4v) is 2.59. The first-order valence-corrected chi connectivity index (χ1v) is 7.61. The Kier molecular flexibility index (Phi) is 4.67. The Morgan fingerprint density at radius 2 is 1.32 bits per heavy atom. The van der Waals surface area contributed by atoms with Crippen LogP contribution in [0.3, 0.4) is 0 Å². The molecule has 0 aliphatic rings. The lowest BCUT2D eigenvalue weighted by Gasteiger charge is -2.08. The molecule has 108 valence electrons. The van der Waals surface area contributed by atoms with Gasteiger partial charge in [0, 0.05) is 5.56 Å². The summed E-state index contributed by atoms with van der Waals surface area (Å²) in [5.41, 5.74) is 4.36. The van der Waals surface area contributed by atoms with E-state index in [0.29, 0.717) is 11.7 Å². The van der Waals surface area contributed by atoms with Crippen LogP contribution in [0.1, 0.15) is 11.1 Å². The fraction of sp³-hybridized carbons (Fsp3) is 0.0500. The van der Waals surface area contributed by atoms with Gasteiger partial charge in [0.15, 0.2) is 0 Å². The second kappa shape index (κ2) is 7.06. The molecule has 1 nitrogen and oxygen atoms in total. The maximum atomic E-state index is 6.46. The van der Waals surface area contributed by atoms with Crippen LogP contribution in [0, 0.1) is 0 Å². The molecule has 0 heterocycles. The summed E-state index contributed by atoms with van der Waals surface area (Å²) < 4.78 is 0. The summed E-state index contributed by atoms with van der Waals surface area (Å²) in [7, 11) is 0. The molecule has 0 spiro atoms. The Bertz CT molecular complexity index is 764. The molecule has 0 saturated carbocycles. The molecule has 3 rings (SSSR count). The zero-order valence-corrected chi connectivity index (χ0v) is 12.9. The molecule has 0 aliphatic carbocycles. The minimum Gasteiger partial charge on any atom is -0.268 e. The van der Waals surface area contributed by atoms with E-state index in [-0.39, 0.29) is 0 Å².